The Bertz CT molecular complexity index is 593. The second kappa shape index (κ2) is 9.07. The Morgan fingerprint density at radius 1 is 1.29 bits per heavy atom. The van der Waals surface area contributed by atoms with Gasteiger partial charge in [0, 0.05) is 37.8 Å². The van der Waals surface area contributed by atoms with E-state index in [-0.39, 0.29) is 40.6 Å². The van der Waals surface area contributed by atoms with Gasteiger partial charge in [-0.05, 0) is 13.0 Å². The topological polar surface area (TPSA) is 75.9 Å². The highest BCUT2D eigenvalue weighted by Gasteiger charge is 2.14. The first-order chi connectivity index (χ1) is 9.11. The Balaban J connectivity index is 0.00000200. The van der Waals surface area contributed by atoms with Crippen LogP contribution in [0.15, 0.2) is 24.5 Å². The minimum absolute atomic E-state index is 0. The number of aromatic nitrogens is 3. The number of nitrogen functional groups attached to an aromatic ring is 1. The van der Waals surface area contributed by atoms with E-state index in [1.807, 2.05) is 32.2 Å². The van der Waals surface area contributed by atoms with E-state index in [1.165, 1.54) is 0 Å². The SMILES string of the molecule is Br.Cc1ncc(C[n+]2cccc(CCO)c2C)c(N)n1.[Br-]. The first kappa shape index (κ1) is 19.9. The van der Waals surface area contributed by atoms with Gasteiger partial charge < -0.3 is 27.8 Å². The van der Waals surface area contributed by atoms with Crippen molar-refractivity contribution in [1.29, 1.82) is 0 Å². The zero-order valence-corrected chi connectivity index (χ0v) is 15.4. The smallest absolute Gasteiger partial charge is 0.181 e. The number of hydrogen-bond acceptors (Lipinski definition) is 4. The molecule has 7 heteroatoms. The van der Waals surface area contributed by atoms with Gasteiger partial charge in [0.25, 0.3) is 0 Å². The van der Waals surface area contributed by atoms with Crippen molar-refractivity contribution in [3.8, 4) is 0 Å². The highest BCUT2D eigenvalue weighted by molar-refractivity contribution is 8.93. The zero-order valence-electron chi connectivity index (χ0n) is 12.1. The number of aliphatic hydroxyl groups excluding tert-OH is 1. The van der Waals surface area contributed by atoms with E-state index in [1.54, 1.807) is 6.20 Å². The Morgan fingerprint density at radius 3 is 2.62 bits per heavy atom. The summed E-state index contributed by atoms with van der Waals surface area (Å²) >= 11 is 0. The van der Waals surface area contributed by atoms with Crippen LogP contribution in [0.1, 0.15) is 22.6 Å². The minimum Gasteiger partial charge on any atom is -1.00 e. The molecule has 0 aliphatic rings. The monoisotopic (exact) mass is 418 g/mol. The van der Waals surface area contributed by atoms with Gasteiger partial charge in [0.05, 0.1) is 5.56 Å². The first-order valence-electron chi connectivity index (χ1n) is 6.28. The van der Waals surface area contributed by atoms with E-state index in [0.717, 1.165) is 16.8 Å². The van der Waals surface area contributed by atoms with Gasteiger partial charge in [-0.25, -0.2) is 9.97 Å². The Hall–Kier alpha value is -1.05. The second-order valence-electron chi connectivity index (χ2n) is 4.55. The lowest BCUT2D eigenvalue weighted by molar-refractivity contribution is -0.694. The fourth-order valence-electron chi connectivity index (χ4n) is 2.05. The van der Waals surface area contributed by atoms with Crippen LogP contribution in [0.2, 0.25) is 0 Å². The normalized spacial score (nSPS) is 9.67. The summed E-state index contributed by atoms with van der Waals surface area (Å²) in [7, 11) is 0. The van der Waals surface area contributed by atoms with E-state index in [0.29, 0.717) is 24.6 Å². The molecule has 116 valence electrons. The van der Waals surface area contributed by atoms with Crippen molar-refractivity contribution < 1.29 is 26.7 Å². The number of halogens is 2. The maximum absolute atomic E-state index is 9.05. The van der Waals surface area contributed by atoms with Gasteiger partial charge in [-0.1, -0.05) is 0 Å². The maximum atomic E-state index is 9.05. The van der Waals surface area contributed by atoms with Crippen LogP contribution in [-0.2, 0) is 13.0 Å². The van der Waals surface area contributed by atoms with Crippen LogP contribution in [-0.4, -0.2) is 21.7 Å². The van der Waals surface area contributed by atoms with E-state index in [4.69, 9.17) is 10.8 Å². The van der Waals surface area contributed by atoms with Gasteiger partial charge in [0.1, 0.15) is 11.6 Å². The molecule has 0 aromatic carbocycles. The molecule has 0 unspecified atom stereocenters. The van der Waals surface area contributed by atoms with E-state index in [9.17, 15) is 0 Å². The molecule has 0 amide bonds. The third-order valence-corrected chi connectivity index (χ3v) is 3.20. The van der Waals surface area contributed by atoms with Crippen LogP contribution in [0.4, 0.5) is 5.82 Å². The van der Waals surface area contributed by atoms with Gasteiger partial charge in [0.2, 0.25) is 0 Å². The molecular weight excluding hydrogens is 400 g/mol. The van der Waals surface area contributed by atoms with Crippen molar-refractivity contribution in [2.75, 3.05) is 12.3 Å². The average molecular weight is 420 g/mol. The molecule has 0 atom stereocenters. The van der Waals surface area contributed by atoms with Gasteiger partial charge >= 0.3 is 0 Å². The molecule has 5 nitrogen and oxygen atoms in total. The Kier molecular flexibility index (Phi) is 8.61. The molecular formula is C14H20Br2N4O. The number of anilines is 1. The van der Waals surface area contributed by atoms with Crippen LogP contribution in [0.5, 0.6) is 0 Å². The predicted molar refractivity (Wildman–Crippen MR) is 82.8 cm³/mol. The Labute approximate surface area is 145 Å². The summed E-state index contributed by atoms with van der Waals surface area (Å²) in [6.45, 7) is 4.65. The number of nitrogens with zero attached hydrogens (tertiary/aromatic N) is 3. The van der Waals surface area contributed by atoms with E-state index >= 15 is 0 Å². The van der Waals surface area contributed by atoms with Gasteiger partial charge in [0.15, 0.2) is 18.4 Å². The molecule has 2 aromatic rings. The number of aliphatic hydroxyl groups is 1. The highest BCUT2D eigenvalue weighted by atomic mass is 79.9. The fraction of sp³-hybridized carbons (Fsp3) is 0.357. The summed E-state index contributed by atoms with van der Waals surface area (Å²) in [5.74, 6) is 1.20. The summed E-state index contributed by atoms with van der Waals surface area (Å²) in [4.78, 5) is 8.35. The standard InChI is InChI=1S/C14H19N4O.2BrH/c1-10-12(5-7-19)4-3-6-18(10)9-13-8-16-11(2)17-14(13)15;;/h3-4,6,8,19H,5,7,9H2,1-2H3,(H2,15,16,17);2*1H/q+1;;/p-1. The molecule has 2 heterocycles. The predicted octanol–water partition coefficient (Wildman–Crippen LogP) is -1.87. The van der Waals surface area contributed by atoms with Crippen LogP contribution in [0.25, 0.3) is 0 Å². The molecule has 0 aliphatic carbocycles. The van der Waals surface area contributed by atoms with E-state index in [2.05, 4.69) is 14.5 Å². The highest BCUT2D eigenvalue weighted by Crippen LogP contribution is 2.08. The molecule has 0 spiro atoms. The minimum atomic E-state index is 0. The Morgan fingerprint density at radius 2 is 2.00 bits per heavy atom. The molecule has 2 aromatic heterocycles. The molecule has 0 aliphatic heterocycles. The maximum Gasteiger partial charge on any atom is 0.181 e. The molecule has 3 N–H and O–H groups in total. The molecule has 0 fully saturated rings. The average Bonchev–Trinajstić information content (AvgIpc) is 2.37. The number of rotatable bonds is 4. The lowest BCUT2D eigenvalue weighted by Gasteiger charge is -2.06. The quantitative estimate of drug-likeness (QED) is 0.569. The van der Waals surface area contributed by atoms with Crippen molar-refractivity contribution in [3.63, 3.8) is 0 Å². The number of pyridine rings is 1. The lowest BCUT2D eigenvalue weighted by Crippen LogP contribution is -3.00. The van der Waals surface area contributed by atoms with Gasteiger partial charge in [-0.2, -0.15) is 4.57 Å². The summed E-state index contributed by atoms with van der Waals surface area (Å²) < 4.78 is 2.09. The molecule has 0 saturated heterocycles. The summed E-state index contributed by atoms with van der Waals surface area (Å²) in [6.07, 6.45) is 4.42. The van der Waals surface area contributed by atoms with Crippen LogP contribution in [0.3, 0.4) is 0 Å². The summed E-state index contributed by atoms with van der Waals surface area (Å²) in [6, 6.07) is 4.00. The lowest BCUT2D eigenvalue weighted by atomic mass is 10.1. The molecule has 2 rings (SSSR count). The van der Waals surface area contributed by atoms with Gasteiger partial charge in [-0.15, -0.1) is 17.0 Å². The largest absolute Gasteiger partial charge is 1.00 e. The van der Waals surface area contributed by atoms with Crippen LogP contribution < -0.4 is 27.3 Å². The molecule has 0 radical (unpaired) electrons. The van der Waals surface area contributed by atoms with Crippen LogP contribution >= 0.6 is 17.0 Å². The van der Waals surface area contributed by atoms with Gasteiger partial charge in [-0.3, -0.25) is 0 Å². The third kappa shape index (κ3) is 5.01. The summed E-state index contributed by atoms with van der Waals surface area (Å²) in [5.41, 5.74) is 9.07. The number of hydrogen-bond donors (Lipinski definition) is 2. The van der Waals surface area contributed by atoms with Crippen molar-refractivity contribution in [2.45, 2.75) is 26.8 Å². The fourth-order valence-corrected chi connectivity index (χ4v) is 2.05. The molecule has 0 saturated carbocycles. The van der Waals surface area contributed by atoms with Crippen molar-refractivity contribution in [2.24, 2.45) is 0 Å². The summed E-state index contributed by atoms with van der Waals surface area (Å²) in [5, 5.41) is 9.05. The van der Waals surface area contributed by atoms with Crippen molar-refractivity contribution in [3.05, 3.63) is 47.2 Å². The first-order valence-corrected chi connectivity index (χ1v) is 6.28. The van der Waals surface area contributed by atoms with Crippen molar-refractivity contribution in [1.82, 2.24) is 9.97 Å². The van der Waals surface area contributed by atoms with Crippen LogP contribution in [0, 0.1) is 13.8 Å². The third-order valence-electron chi connectivity index (χ3n) is 3.20. The molecule has 0 bridgehead atoms. The van der Waals surface area contributed by atoms with Crippen molar-refractivity contribution >= 4 is 22.8 Å². The second-order valence-corrected chi connectivity index (χ2v) is 4.55. The van der Waals surface area contributed by atoms with E-state index < -0.39 is 0 Å². The molecule has 21 heavy (non-hydrogen) atoms. The number of nitrogens with two attached hydrogens (primary N) is 1. The zero-order chi connectivity index (χ0) is 13.8. The number of aryl methyl sites for hydroxylation is 1.